The van der Waals surface area contributed by atoms with Crippen molar-refractivity contribution in [2.24, 2.45) is 5.92 Å². The second kappa shape index (κ2) is 6.55. The van der Waals surface area contributed by atoms with Crippen molar-refractivity contribution in [2.45, 2.75) is 26.0 Å². The van der Waals surface area contributed by atoms with Crippen molar-refractivity contribution in [3.8, 4) is 0 Å². The number of carbonyl (C=O) groups excluding carboxylic acids is 1. The van der Waals surface area contributed by atoms with E-state index in [0.29, 0.717) is 5.75 Å². The fraction of sp³-hybridized carbons (Fsp3) is 0.462. The molecule has 4 heteroatoms. The molecular weight excluding hydrogens is 234 g/mol. The Morgan fingerprint density at radius 2 is 2.06 bits per heavy atom. The van der Waals surface area contributed by atoms with Gasteiger partial charge in [0.15, 0.2) is 0 Å². The molecule has 0 unspecified atom stereocenters. The topological polar surface area (TPSA) is 46.2 Å². The lowest BCUT2D eigenvalue weighted by Crippen LogP contribution is -2.20. The number of nitrogens with one attached hydrogen (secondary N) is 1. The summed E-state index contributed by atoms with van der Waals surface area (Å²) in [6, 6.07) is 7.51. The van der Waals surface area contributed by atoms with Crippen molar-refractivity contribution in [3.63, 3.8) is 0 Å². The Morgan fingerprint density at radius 1 is 1.41 bits per heavy atom. The average Bonchev–Trinajstić information content (AvgIpc) is 2.29. The first-order valence-corrected chi connectivity index (χ1v) is 7.46. The molecule has 0 aromatic heterocycles. The van der Waals surface area contributed by atoms with Gasteiger partial charge in [-0.25, -0.2) is 0 Å². The second-order valence-corrected chi connectivity index (χ2v) is 5.61. The van der Waals surface area contributed by atoms with Crippen LogP contribution in [0.1, 0.15) is 25.8 Å². The molecule has 17 heavy (non-hydrogen) atoms. The van der Waals surface area contributed by atoms with Crippen LogP contribution in [0.15, 0.2) is 24.3 Å². The first-order chi connectivity index (χ1) is 8.04. The largest absolute Gasteiger partial charge is 0.326 e. The van der Waals surface area contributed by atoms with Crippen LogP contribution in [0.4, 0.5) is 5.69 Å². The van der Waals surface area contributed by atoms with Gasteiger partial charge in [0, 0.05) is 28.7 Å². The van der Waals surface area contributed by atoms with Gasteiger partial charge in [0.2, 0.25) is 5.91 Å². The van der Waals surface area contributed by atoms with Crippen LogP contribution < -0.4 is 5.32 Å². The predicted octanol–water partition coefficient (Wildman–Crippen LogP) is 2.55. The van der Waals surface area contributed by atoms with Gasteiger partial charge in [0.25, 0.3) is 0 Å². The fourth-order valence-corrected chi connectivity index (χ4v) is 2.12. The van der Waals surface area contributed by atoms with Gasteiger partial charge in [-0.2, -0.15) is 0 Å². The Balaban J connectivity index is 2.83. The predicted molar refractivity (Wildman–Crippen MR) is 72.3 cm³/mol. The molecule has 0 aliphatic heterocycles. The maximum atomic E-state index is 11.8. The lowest BCUT2D eigenvalue weighted by atomic mass is 10.1. The SMILES string of the molecule is CC[C@H](C)C(=O)Nc1ccccc1C[S@@](C)=O. The molecule has 1 amide bonds. The van der Waals surface area contributed by atoms with Gasteiger partial charge in [-0.1, -0.05) is 32.0 Å². The summed E-state index contributed by atoms with van der Waals surface area (Å²) in [4.78, 5) is 11.8. The number of anilines is 1. The maximum Gasteiger partial charge on any atom is 0.227 e. The molecule has 0 radical (unpaired) electrons. The van der Waals surface area contributed by atoms with Gasteiger partial charge in [-0.05, 0) is 18.1 Å². The summed E-state index contributed by atoms with van der Waals surface area (Å²) in [6.45, 7) is 3.88. The van der Waals surface area contributed by atoms with E-state index in [4.69, 9.17) is 0 Å². The molecule has 1 rings (SSSR count). The van der Waals surface area contributed by atoms with Crippen molar-refractivity contribution in [1.29, 1.82) is 0 Å². The van der Waals surface area contributed by atoms with Crippen LogP contribution in [0, 0.1) is 5.92 Å². The molecule has 1 aromatic carbocycles. The van der Waals surface area contributed by atoms with Crippen molar-refractivity contribution >= 4 is 22.4 Å². The summed E-state index contributed by atoms with van der Waals surface area (Å²) in [7, 11) is -0.905. The third kappa shape index (κ3) is 4.30. The third-order valence-corrected chi connectivity index (χ3v) is 3.41. The van der Waals surface area contributed by atoms with Crippen LogP contribution in [0.5, 0.6) is 0 Å². The quantitative estimate of drug-likeness (QED) is 0.876. The summed E-state index contributed by atoms with van der Waals surface area (Å²) >= 11 is 0. The number of hydrogen-bond acceptors (Lipinski definition) is 2. The molecule has 1 aromatic rings. The van der Waals surface area contributed by atoms with E-state index < -0.39 is 10.8 Å². The Morgan fingerprint density at radius 3 is 2.65 bits per heavy atom. The van der Waals surface area contributed by atoms with E-state index in [1.165, 1.54) is 0 Å². The number of rotatable bonds is 5. The van der Waals surface area contributed by atoms with E-state index in [1.807, 2.05) is 38.1 Å². The molecule has 0 fully saturated rings. The minimum absolute atomic E-state index is 0.00446. The number of benzene rings is 1. The highest BCUT2D eigenvalue weighted by molar-refractivity contribution is 7.83. The molecule has 0 aliphatic rings. The van der Waals surface area contributed by atoms with Crippen LogP contribution in [0.2, 0.25) is 0 Å². The van der Waals surface area contributed by atoms with Crippen LogP contribution in [-0.4, -0.2) is 16.4 Å². The van der Waals surface area contributed by atoms with Crippen LogP contribution in [0.25, 0.3) is 0 Å². The standard InChI is InChI=1S/C13H19NO2S/c1-4-10(2)13(15)14-12-8-6-5-7-11(12)9-17(3)16/h5-8,10H,4,9H2,1-3H3,(H,14,15)/t10-,17+/m0/s1. The number of para-hydroxylation sites is 1. The Bertz CT molecular complexity index is 418. The molecule has 1 N–H and O–H groups in total. The lowest BCUT2D eigenvalue weighted by Gasteiger charge is -2.13. The molecule has 2 atom stereocenters. The van der Waals surface area contributed by atoms with E-state index in [9.17, 15) is 9.00 Å². The average molecular weight is 253 g/mol. The molecule has 3 nitrogen and oxygen atoms in total. The molecule has 0 aliphatic carbocycles. The van der Waals surface area contributed by atoms with E-state index in [0.717, 1.165) is 17.7 Å². The summed E-state index contributed by atoms with van der Waals surface area (Å²) in [6.07, 6.45) is 2.47. The molecule has 0 bridgehead atoms. The van der Waals surface area contributed by atoms with E-state index in [-0.39, 0.29) is 11.8 Å². The van der Waals surface area contributed by atoms with Gasteiger partial charge in [0.1, 0.15) is 0 Å². The first kappa shape index (κ1) is 13.9. The first-order valence-electron chi connectivity index (χ1n) is 5.73. The minimum atomic E-state index is -0.905. The Kier molecular flexibility index (Phi) is 5.35. The molecule has 94 valence electrons. The third-order valence-electron chi connectivity index (χ3n) is 2.69. The van der Waals surface area contributed by atoms with Gasteiger partial charge in [-0.15, -0.1) is 0 Å². The zero-order valence-electron chi connectivity index (χ0n) is 10.5. The monoisotopic (exact) mass is 253 g/mol. The second-order valence-electron chi connectivity index (χ2n) is 4.17. The van der Waals surface area contributed by atoms with E-state index in [1.54, 1.807) is 6.26 Å². The zero-order valence-corrected chi connectivity index (χ0v) is 11.3. The van der Waals surface area contributed by atoms with Gasteiger partial charge >= 0.3 is 0 Å². The lowest BCUT2D eigenvalue weighted by molar-refractivity contribution is -0.119. The molecule has 0 heterocycles. The van der Waals surface area contributed by atoms with Crippen LogP contribution in [-0.2, 0) is 21.3 Å². The van der Waals surface area contributed by atoms with E-state index >= 15 is 0 Å². The molecule has 0 saturated carbocycles. The van der Waals surface area contributed by atoms with Crippen LogP contribution in [0.3, 0.4) is 0 Å². The van der Waals surface area contributed by atoms with Gasteiger partial charge in [-0.3, -0.25) is 9.00 Å². The van der Waals surface area contributed by atoms with Crippen molar-refractivity contribution in [3.05, 3.63) is 29.8 Å². The highest BCUT2D eigenvalue weighted by atomic mass is 32.2. The highest BCUT2D eigenvalue weighted by Crippen LogP contribution is 2.18. The van der Waals surface area contributed by atoms with Gasteiger partial charge < -0.3 is 5.32 Å². The normalized spacial score (nSPS) is 14.1. The number of amides is 1. The Labute approximate surface area is 105 Å². The minimum Gasteiger partial charge on any atom is -0.326 e. The van der Waals surface area contributed by atoms with E-state index in [2.05, 4.69) is 5.32 Å². The van der Waals surface area contributed by atoms with Gasteiger partial charge in [0.05, 0.1) is 5.75 Å². The highest BCUT2D eigenvalue weighted by Gasteiger charge is 2.12. The van der Waals surface area contributed by atoms with Crippen molar-refractivity contribution in [2.75, 3.05) is 11.6 Å². The van der Waals surface area contributed by atoms with Crippen LogP contribution >= 0.6 is 0 Å². The van der Waals surface area contributed by atoms with Crippen molar-refractivity contribution < 1.29 is 9.00 Å². The summed E-state index contributed by atoms with van der Waals surface area (Å²) in [5.74, 6) is 0.480. The summed E-state index contributed by atoms with van der Waals surface area (Å²) in [5.41, 5.74) is 1.69. The Hall–Kier alpha value is -1.16. The summed E-state index contributed by atoms with van der Waals surface area (Å²) in [5, 5.41) is 2.89. The summed E-state index contributed by atoms with van der Waals surface area (Å²) < 4.78 is 11.2. The maximum absolute atomic E-state index is 11.8. The number of carbonyl (C=O) groups is 1. The fourth-order valence-electron chi connectivity index (χ4n) is 1.43. The molecule has 0 saturated heterocycles. The zero-order chi connectivity index (χ0) is 12.8. The number of hydrogen-bond donors (Lipinski definition) is 1. The molecular formula is C13H19NO2S. The molecule has 0 spiro atoms. The smallest absolute Gasteiger partial charge is 0.227 e. The van der Waals surface area contributed by atoms with Crippen molar-refractivity contribution in [1.82, 2.24) is 0 Å².